The van der Waals surface area contributed by atoms with E-state index in [1.54, 1.807) is 37.0 Å². The molecule has 3 heterocycles. The maximum atomic E-state index is 12.8. The highest BCUT2D eigenvalue weighted by Crippen LogP contribution is 2.30. The molecule has 4 rings (SSSR count). The van der Waals surface area contributed by atoms with Gasteiger partial charge in [0.25, 0.3) is 0 Å². The first-order valence-corrected chi connectivity index (χ1v) is 12.8. The van der Waals surface area contributed by atoms with Crippen LogP contribution in [0, 0.1) is 6.92 Å². The molecule has 1 aliphatic rings. The van der Waals surface area contributed by atoms with Crippen LogP contribution in [0.25, 0.3) is 17.3 Å². The second kappa shape index (κ2) is 11.0. The lowest BCUT2D eigenvalue weighted by Gasteiger charge is -2.40. The van der Waals surface area contributed by atoms with Crippen molar-refractivity contribution in [1.29, 1.82) is 0 Å². The van der Waals surface area contributed by atoms with Gasteiger partial charge in [-0.1, -0.05) is 30.0 Å². The lowest BCUT2D eigenvalue weighted by atomic mass is 10.2. The van der Waals surface area contributed by atoms with Crippen LogP contribution in [0.1, 0.15) is 25.3 Å². The number of thioether (sulfide) groups is 1. The van der Waals surface area contributed by atoms with Crippen molar-refractivity contribution < 1.29 is 14.0 Å². The number of aromatic nitrogens is 3. The Morgan fingerprint density at radius 2 is 1.94 bits per heavy atom. The fraction of sp³-hybridized carbons (Fsp3) is 0.440. The molecular weight excluding hydrogens is 464 g/mol. The number of rotatable bonds is 7. The number of amides is 3. The zero-order valence-electron chi connectivity index (χ0n) is 20.7. The Balaban J connectivity index is 1.36. The summed E-state index contributed by atoms with van der Waals surface area (Å²) in [5.41, 5.74) is 2.11. The maximum absolute atomic E-state index is 12.8. The molecule has 186 valence electrons. The molecule has 9 nitrogen and oxygen atoms in total. The van der Waals surface area contributed by atoms with Gasteiger partial charge in [0.05, 0.1) is 12.0 Å². The van der Waals surface area contributed by atoms with Crippen LogP contribution < -0.4 is 0 Å². The highest BCUT2D eigenvalue weighted by atomic mass is 32.2. The second-order valence-electron chi connectivity index (χ2n) is 8.92. The summed E-state index contributed by atoms with van der Waals surface area (Å²) in [7, 11) is 3.50. The molecule has 10 heteroatoms. The largest absolute Gasteiger partial charge is 0.461 e. The number of hydrogen-bond acceptors (Lipinski definition) is 6. The van der Waals surface area contributed by atoms with E-state index in [0.717, 1.165) is 28.6 Å². The van der Waals surface area contributed by atoms with E-state index >= 15 is 0 Å². The third-order valence-corrected chi connectivity index (χ3v) is 7.12. The first-order valence-electron chi connectivity index (χ1n) is 11.8. The lowest BCUT2D eigenvalue weighted by molar-refractivity contribution is -0.133. The zero-order chi connectivity index (χ0) is 24.9. The molecule has 2 aromatic heterocycles. The predicted octanol–water partition coefficient (Wildman–Crippen LogP) is 3.92. The summed E-state index contributed by atoms with van der Waals surface area (Å²) in [5.74, 6) is 2.18. The quantitative estimate of drug-likeness (QED) is 0.364. The number of furan rings is 1. The van der Waals surface area contributed by atoms with E-state index in [0.29, 0.717) is 37.6 Å². The van der Waals surface area contributed by atoms with E-state index in [1.807, 2.05) is 51.6 Å². The van der Waals surface area contributed by atoms with Crippen molar-refractivity contribution in [2.24, 2.45) is 0 Å². The minimum Gasteiger partial charge on any atom is -0.461 e. The van der Waals surface area contributed by atoms with E-state index < -0.39 is 0 Å². The van der Waals surface area contributed by atoms with Gasteiger partial charge in [0.1, 0.15) is 0 Å². The molecule has 35 heavy (non-hydrogen) atoms. The molecule has 1 saturated heterocycles. The van der Waals surface area contributed by atoms with Crippen LogP contribution in [-0.4, -0.2) is 86.9 Å². The number of benzene rings is 1. The number of carbonyl (C=O) groups is 2. The van der Waals surface area contributed by atoms with Crippen LogP contribution in [-0.2, 0) is 4.79 Å². The van der Waals surface area contributed by atoms with Gasteiger partial charge in [0.15, 0.2) is 10.9 Å². The van der Waals surface area contributed by atoms with Crippen molar-refractivity contribution >= 4 is 23.7 Å². The molecule has 0 radical (unpaired) electrons. The second-order valence-corrected chi connectivity index (χ2v) is 9.98. The van der Waals surface area contributed by atoms with Crippen molar-refractivity contribution in [3.05, 3.63) is 48.2 Å². The van der Waals surface area contributed by atoms with E-state index in [9.17, 15) is 9.59 Å². The fourth-order valence-electron chi connectivity index (χ4n) is 4.23. The molecular formula is C25H32N6O3S. The van der Waals surface area contributed by atoms with E-state index in [2.05, 4.69) is 23.2 Å². The number of aryl methyl sites for hydroxylation is 1. The van der Waals surface area contributed by atoms with Gasteiger partial charge < -0.3 is 19.1 Å². The maximum Gasteiger partial charge on any atom is 0.319 e. The monoisotopic (exact) mass is 496 g/mol. The third-order valence-electron chi connectivity index (χ3n) is 6.11. The minimum absolute atomic E-state index is 0.00431. The number of urea groups is 1. The van der Waals surface area contributed by atoms with Gasteiger partial charge in [-0.3, -0.25) is 9.36 Å². The molecule has 0 spiro atoms. The van der Waals surface area contributed by atoms with Gasteiger partial charge in [-0.2, -0.15) is 0 Å². The van der Waals surface area contributed by atoms with Crippen LogP contribution in [0.5, 0.6) is 0 Å². The Bertz CT molecular complexity index is 1160. The number of piperazine rings is 1. The summed E-state index contributed by atoms with van der Waals surface area (Å²) in [5, 5.41) is 9.58. The summed E-state index contributed by atoms with van der Waals surface area (Å²) in [6.07, 6.45) is 2.82. The molecule has 1 unspecified atom stereocenters. The summed E-state index contributed by atoms with van der Waals surface area (Å²) in [6.45, 7) is 5.75. The number of hydrogen-bond donors (Lipinski definition) is 0. The Morgan fingerprint density at radius 1 is 1.14 bits per heavy atom. The Labute approximate surface area is 210 Å². The van der Waals surface area contributed by atoms with Crippen LogP contribution in [0.4, 0.5) is 4.79 Å². The van der Waals surface area contributed by atoms with Gasteiger partial charge in [-0.15, -0.1) is 10.2 Å². The Morgan fingerprint density at radius 3 is 2.63 bits per heavy atom. The van der Waals surface area contributed by atoms with Crippen molar-refractivity contribution in [3.63, 3.8) is 0 Å². The van der Waals surface area contributed by atoms with Crippen molar-refractivity contribution in [1.82, 2.24) is 29.5 Å². The van der Waals surface area contributed by atoms with Gasteiger partial charge in [0.2, 0.25) is 11.7 Å². The van der Waals surface area contributed by atoms with Crippen molar-refractivity contribution in [2.45, 2.75) is 37.9 Å². The van der Waals surface area contributed by atoms with Gasteiger partial charge in [-0.25, -0.2) is 4.79 Å². The molecule has 3 amide bonds. The van der Waals surface area contributed by atoms with Gasteiger partial charge in [-0.05, 0) is 44.0 Å². The first-order chi connectivity index (χ1) is 16.9. The lowest BCUT2D eigenvalue weighted by Crippen LogP contribution is -2.57. The SMILES string of the molecule is Cc1ccccc1-n1c(SCCCC(=O)N2CCN(C(=O)N(C)C)C(C)C2)nnc1-c1ccco1. The summed E-state index contributed by atoms with van der Waals surface area (Å²) in [4.78, 5) is 30.4. The first kappa shape index (κ1) is 24.8. The van der Waals surface area contributed by atoms with E-state index in [4.69, 9.17) is 4.42 Å². The summed E-state index contributed by atoms with van der Waals surface area (Å²) in [6, 6.07) is 11.8. The molecule has 0 bridgehead atoms. The van der Waals surface area contributed by atoms with Crippen molar-refractivity contribution in [3.8, 4) is 17.3 Å². The average Bonchev–Trinajstić information content (AvgIpc) is 3.51. The van der Waals surface area contributed by atoms with Gasteiger partial charge >= 0.3 is 6.03 Å². The van der Waals surface area contributed by atoms with Crippen LogP contribution in [0.2, 0.25) is 0 Å². The topological polar surface area (TPSA) is 87.7 Å². The third kappa shape index (κ3) is 5.53. The van der Waals surface area contributed by atoms with Gasteiger partial charge in [0, 0.05) is 51.9 Å². The molecule has 3 aromatic rings. The fourth-order valence-corrected chi connectivity index (χ4v) is 5.11. The minimum atomic E-state index is -0.00678. The molecule has 0 aliphatic carbocycles. The normalized spacial score (nSPS) is 15.9. The Hall–Kier alpha value is -3.27. The molecule has 1 aromatic carbocycles. The number of nitrogens with zero attached hydrogens (tertiary/aromatic N) is 6. The molecule has 0 saturated carbocycles. The van der Waals surface area contributed by atoms with Crippen LogP contribution >= 0.6 is 11.8 Å². The molecule has 1 aliphatic heterocycles. The highest BCUT2D eigenvalue weighted by Gasteiger charge is 2.30. The molecule has 1 atom stereocenters. The van der Waals surface area contributed by atoms with Crippen molar-refractivity contribution in [2.75, 3.05) is 39.5 Å². The van der Waals surface area contributed by atoms with Crippen LogP contribution in [0.3, 0.4) is 0 Å². The Kier molecular flexibility index (Phi) is 7.80. The molecule has 0 N–H and O–H groups in total. The molecule has 1 fully saturated rings. The van der Waals surface area contributed by atoms with Crippen LogP contribution in [0.15, 0.2) is 52.2 Å². The van der Waals surface area contributed by atoms with E-state index in [1.165, 1.54) is 0 Å². The zero-order valence-corrected chi connectivity index (χ0v) is 21.5. The highest BCUT2D eigenvalue weighted by molar-refractivity contribution is 7.99. The standard InChI is InChI=1S/C25H32N6O3S/c1-18-9-5-6-10-20(18)31-23(21-11-7-15-34-21)26-27-24(31)35-16-8-12-22(32)29-13-14-30(19(2)17-29)25(33)28(3)4/h5-7,9-11,15,19H,8,12-14,16-17H2,1-4H3. The summed E-state index contributed by atoms with van der Waals surface area (Å²) >= 11 is 1.58. The average molecular weight is 497 g/mol. The number of para-hydroxylation sites is 1. The smallest absolute Gasteiger partial charge is 0.319 e. The number of carbonyl (C=O) groups excluding carboxylic acids is 2. The van der Waals surface area contributed by atoms with E-state index in [-0.39, 0.29) is 18.0 Å². The predicted molar refractivity (Wildman–Crippen MR) is 136 cm³/mol. The summed E-state index contributed by atoms with van der Waals surface area (Å²) < 4.78 is 7.61.